The summed E-state index contributed by atoms with van der Waals surface area (Å²) in [6.07, 6.45) is -5.04. The molecular weight excluding hydrogens is 463 g/mol. The highest BCUT2D eigenvalue weighted by atomic mass is 32.2. The van der Waals surface area contributed by atoms with E-state index in [1.807, 2.05) is 0 Å². The Kier molecular flexibility index (Phi) is 7.47. The number of rotatable bonds is 6. The molecule has 2 rings (SSSR count). The summed E-state index contributed by atoms with van der Waals surface area (Å²) in [6.45, 7) is 6.24. The van der Waals surface area contributed by atoms with Crippen LogP contribution in [-0.2, 0) is 19.4 Å². The van der Waals surface area contributed by atoms with Gasteiger partial charge in [0.1, 0.15) is 11.4 Å². The number of halogens is 3. The van der Waals surface area contributed by atoms with E-state index < -0.39 is 39.5 Å². The largest absolute Gasteiger partial charge is 0.497 e. The minimum atomic E-state index is -5.04. The lowest BCUT2D eigenvalue weighted by Gasteiger charge is -2.21. The molecule has 0 bridgehead atoms. The molecule has 11 heteroatoms. The van der Waals surface area contributed by atoms with Crippen LogP contribution in [0.5, 0.6) is 5.75 Å². The average Bonchev–Trinajstić information content (AvgIpc) is 2.71. The molecule has 0 spiro atoms. The van der Waals surface area contributed by atoms with Gasteiger partial charge in [-0.2, -0.15) is 13.2 Å². The summed E-state index contributed by atoms with van der Waals surface area (Å²) in [6, 6.07) is 7.76. The van der Waals surface area contributed by atoms with Crippen molar-refractivity contribution < 1.29 is 40.7 Å². The predicted octanol–water partition coefficient (Wildman–Crippen LogP) is 4.22. The number of esters is 1. The Balaban J connectivity index is 2.42. The number of hydrogen-bond donors (Lipinski definition) is 1. The number of benzene rings is 2. The van der Waals surface area contributed by atoms with Crippen LogP contribution in [-0.4, -0.2) is 39.2 Å². The van der Waals surface area contributed by atoms with Gasteiger partial charge in [0.2, 0.25) is 9.84 Å². The van der Waals surface area contributed by atoms with Gasteiger partial charge in [-0.3, -0.25) is 4.79 Å². The topological polar surface area (TPSA) is 98.8 Å². The first-order valence-corrected chi connectivity index (χ1v) is 11.2. The number of sulfone groups is 1. The number of carbonyl (C=O) groups is 2. The van der Waals surface area contributed by atoms with Crippen molar-refractivity contribution in [2.45, 2.75) is 55.3 Å². The lowest BCUT2D eigenvalue weighted by atomic mass is 10.1. The van der Waals surface area contributed by atoms with E-state index in [4.69, 9.17) is 9.47 Å². The minimum Gasteiger partial charge on any atom is -0.497 e. The van der Waals surface area contributed by atoms with E-state index in [1.165, 1.54) is 56.5 Å². The SMILES string of the molecule is COc1ccc(S(=O)(=O)c2ccc([C@H](C)NC(=O)C(F)(F)F)cc2)c(C(=O)OC(C)(C)C)c1. The summed E-state index contributed by atoms with van der Waals surface area (Å²) in [5.74, 6) is -2.72. The molecule has 0 aliphatic rings. The van der Waals surface area contributed by atoms with E-state index in [2.05, 4.69) is 0 Å². The number of methoxy groups -OCH3 is 1. The number of ether oxygens (including phenoxy) is 2. The molecule has 7 nitrogen and oxygen atoms in total. The fraction of sp³-hybridized carbons (Fsp3) is 0.364. The molecule has 1 atom stereocenters. The van der Waals surface area contributed by atoms with Crippen molar-refractivity contribution in [3.63, 3.8) is 0 Å². The molecule has 1 N–H and O–H groups in total. The van der Waals surface area contributed by atoms with Crippen LogP contribution in [0.2, 0.25) is 0 Å². The quantitative estimate of drug-likeness (QED) is 0.613. The molecule has 0 fully saturated rings. The Morgan fingerprint density at radius 1 is 1.00 bits per heavy atom. The van der Waals surface area contributed by atoms with Crippen molar-refractivity contribution in [2.75, 3.05) is 7.11 Å². The summed E-state index contributed by atoms with van der Waals surface area (Å²) >= 11 is 0. The molecule has 0 aliphatic carbocycles. The number of carbonyl (C=O) groups excluding carboxylic acids is 2. The van der Waals surface area contributed by atoms with Gasteiger partial charge in [-0.1, -0.05) is 12.1 Å². The van der Waals surface area contributed by atoms with Gasteiger partial charge in [-0.05, 0) is 63.6 Å². The van der Waals surface area contributed by atoms with Crippen LogP contribution in [0.25, 0.3) is 0 Å². The third-order valence-corrected chi connectivity index (χ3v) is 6.22. The number of amides is 1. The first-order chi connectivity index (χ1) is 15.1. The van der Waals surface area contributed by atoms with Crippen molar-refractivity contribution in [2.24, 2.45) is 0 Å². The van der Waals surface area contributed by atoms with Gasteiger partial charge in [0.25, 0.3) is 0 Å². The Labute approximate surface area is 189 Å². The minimum absolute atomic E-state index is 0.199. The normalized spacial score (nSPS) is 13.2. The second-order valence-corrected chi connectivity index (χ2v) is 10.0. The number of nitrogens with one attached hydrogen (secondary N) is 1. The lowest BCUT2D eigenvalue weighted by Crippen LogP contribution is -2.38. The fourth-order valence-electron chi connectivity index (χ4n) is 2.79. The van der Waals surface area contributed by atoms with Gasteiger partial charge >= 0.3 is 18.1 Å². The van der Waals surface area contributed by atoms with Gasteiger partial charge in [-0.15, -0.1) is 0 Å². The Morgan fingerprint density at radius 3 is 2.06 bits per heavy atom. The smallest absolute Gasteiger partial charge is 0.471 e. The van der Waals surface area contributed by atoms with Crippen LogP contribution in [0.3, 0.4) is 0 Å². The zero-order valence-electron chi connectivity index (χ0n) is 18.6. The van der Waals surface area contributed by atoms with E-state index in [0.717, 1.165) is 0 Å². The molecule has 1 amide bonds. The first-order valence-electron chi connectivity index (χ1n) is 9.70. The van der Waals surface area contributed by atoms with Crippen LogP contribution in [0, 0.1) is 0 Å². The molecule has 0 aromatic heterocycles. The third kappa shape index (κ3) is 6.47. The molecule has 0 unspecified atom stereocenters. The van der Waals surface area contributed by atoms with E-state index in [-0.39, 0.29) is 26.7 Å². The zero-order valence-corrected chi connectivity index (χ0v) is 19.4. The Morgan fingerprint density at radius 2 is 1.58 bits per heavy atom. The molecule has 0 saturated carbocycles. The Bertz CT molecular complexity index is 1140. The van der Waals surface area contributed by atoms with E-state index in [9.17, 15) is 31.2 Å². The molecule has 0 heterocycles. The second-order valence-electron chi connectivity index (χ2n) is 8.13. The summed E-state index contributed by atoms with van der Waals surface area (Å²) in [5, 5.41) is 1.80. The third-order valence-electron chi connectivity index (χ3n) is 4.39. The van der Waals surface area contributed by atoms with Gasteiger partial charge in [0, 0.05) is 0 Å². The highest BCUT2D eigenvalue weighted by Gasteiger charge is 2.39. The molecule has 2 aromatic rings. The van der Waals surface area contributed by atoms with Gasteiger partial charge in [0.15, 0.2) is 0 Å². The highest BCUT2D eigenvalue weighted by molar-refractivity contribution is 7.91. The van der Waals surface area contributed by atoms with Crippen LogP contribution < -0.4 is 10.1 Å². The molecular formula is C22H24F3NO6S. The van der Waals surface area contributed by atoms with E-state index in [0.29, 0.717) is 0 Å². The van der Waals surface area contributed by atoms with E-state index >= 15 is 0 Å². The van der Waals surface area contributed by atoms with Gasteiger partial charge in [-0.25, -0.2) is 13.2 Å². The van der Waals surface area contributed by atoms with E-state index in [1.54, 1.807) is 26.1 Å². The molecule has 0 radical (unpaired) electrons. The standard InChI is InChI=1S/C22H24F3NO6S/c1-13(26-20(28)22(23,24)25)14-6-9-16(10-7-14)33(29,30)18-11-8-15(31-5)12-17(18)19(27)32-21(2,3)4/h6-13H,1-5H3,(H,26,28)/t13-/m0/s1. The van der Waals surface area contributed by atoms with Gasteiger partial charge in [0.05, 0.1) is 28.5 Å². The number of alkyl halides is 3. The fourth-order valence-corrected chi connectivity index (χ4v) is 4.21. The van der Waals surface area contributed by atoms with Crippen molar-refractivity contribution in [1.82, 2.24) is 5.32 Å². The van der Waals surface area contributed by atoms with Crippen LogP contribution >= 0.6 is 0 Å². The van der Waals surface area contributed by atoms with Gasteiger partial charge < -0.3 is 14.8 Å². The molecule has 33 heavy (non-hydrogen) atoms. The van der Waals surface area contributed by atoms with Crippen molar-refractivity contribution in [3.05, 3.63) is 53.6 Å². The van der Waals surface area contributed by atoms with Crippen molar-refractivity contribution in [3.8, 4) is 5.75 Å². The van der Waals surface area contributed by atoms with Crippen molar-refractivity contribution >= 4 is 21.7 Å². The molecule has 180 valence electrons. The monoisotopic (exact) mass is 487 g/mol. The zero-order chi connectivity index (χ0) is 25.2. The second kappa shape index (κ2) is 9.42. The average molecular weight is 487 g/mol. The van der Waals surface area contributed by atoms with Crippen LogP contribution in [0.1, 0.15) is 49.7 Å². The maximum atomic E-state index is 13.2. The summed E-state index contributed by atoms with van der Waals surface area (Å²) in [7, 11) is -2.85. The molecule has 0 saturated heterocycles. The summed E-state index contributed by atoms with van der Waals surface area (Å²) in [4.78, 5) is 23.3. The lowest BCUT2D eigenvalue weighted by molar-refractivity contribution is -0.174. The number of hydrogen-bond acceptors (Lipinski definition) is 6. The highest BCUT2D eigenvalue weighted by Crippen LogP contribution is 2.30. The van der Waals surface area contributed by atoms with Crippen LogP contribution in [0.15, 0.2) is 52.3 Å². The summed E-state index contributed by atoms with van der Waals surface area (Å²) < 4.78 is 74.3. The van der Waals surface area contributed by atoms with Crippen molar-refractivity contribution in [1.29, 1.82) is 0 Å². The molecule has 2 aromatic carbocycles. The maximum absolute atomic E-state index is 13.2. The first kappa shape index (κ1) is 26.2. The molecule has 0 aliphatic heterocycles. The maximum Gasteiger partial charge on any atom is 0.471 e. The van der Waals surface area contributed by atoms with Crippen LogP contribution in [0.4, 0.5) is 13.2 Å². The predicted molar refractivity (Wildman–Crippen MR) is 113 cm³/mol. The Hall–Kier alpha value is -3.08. The summed E-state index contributed by atoms with van der Waals surface area (Å²) in [5.41, 5.74) is -0.840.